The molecule has 39 heavy (non-hydrogen) atoms. The lowest BCUT2D eigenvalue weighted by molar-refractivity contribution is -0.121. The lowest BCUT2D eigenvalue weighted by Gasteiger charge is -2.16. The summed E-state index contributed by atoms with van der Waals surface area (Å²) in [5.74, 6) is -1.29. The van der Waals surface area contributed by atoms with Gasteiger partial charge in [0.1, 0.15) is 16.8 Å². The van der Waals surface area contributed by atoms with Gasteiger partial charge < -0.3 is 9.47 Å². The van der Waals surface area contributed by atoms with Gasteiger partial charge in [0.2, 0.25) is 11.8 Å². The van der Waals surface area contributed by atoms with Gasteiger partial charge in [-0.2, -0.15) is 5.26 Å². The average Bonchev–Trinajstić information content (AvgIpc) is 3.22. The Morgan fingerprint density at radius 1 is 1.03 bits per heavy atom. The molecule has 0 bridgehead atoms. The third-order valence-corrected chi connectivity index (χ3v) is 7.71. The Balaban J connectivity index is 1.42. The van der Waals surface area contributed by atoms with E-state index in [9.17, 15) is 24.4 Å². The first-order chi connectivity index (χ1) is 18.6. The SMILES string of the molecule is COc1ccc(C(=O)COC(=O)c2ccc(N3C(=O)CC(Sc4nc(C)c(C)c(C)c4C#N)C3=O)cc2)cc1. The number of hydrogen-bond donors (Lipinski definition) is 0. The Morgan fingerprint density at radius 3 is 2.28 bits per heavy atom. The molecule has 2 amide bonds. The maximum Gasteiger partial charge on any atom is 0.338 e. The van der Waals surface area contributed by atoms with Gasteiger partial charge in [-0.05, 0) is 80.4 Å². The topological polar surface area (TPSA) is 127 Å². The summed E-state index contributed by atoms with van der Waals surface area (Å²) < 4.78 is 10.2. The predicted molar refractivity (Wildman–Crippen MR) is 144 cm³/mol. The molecule has 1 aliphatic heterocycles. The number of aryl methyl sites for hydroxylation is 1. The highest BCUT2D eigenvalue weighted by Gasteiger charge is 2.41. The van der Waals surface area contributed by atoms with Gasteiger partial charge in [0.15, 0.2) is 12.4 Å². The van der Waals surface area contributed by atoms with Crippen LogP contribution in [0.25, 0.3) is 0 Å². The van der Waals surface area contributed by atoms with Gasteiger partial charge in [-0.3, -0.25) is 14.4 Å². The van der Waals surface area contributed by atoms with Crippen LogP contribution in [0.3, 0.4) is 0 Å². The molecule has 1 aliphatic rings. The zero-order chi connectivity index (χ0) is 28.3. The number of carbonyl (C=O) groups excluding carboxylic acids is 4. The van der Waals surface area contributed by atoms with Crippen LogP contribution in [0.1, 0.15) is 49.5 Å². The van der Waals surface area contributed by atoms with E-state index in [0.29, 0.717) is 27.6 Å². The Morgan fingerprint density at radius 2 is 1.67 bits per heavy atom. The number of imide groups is 1. The zero-order valence-corrected chi connectivity index (χ0v) is 22.6. The maximum absolute atomic E-state index is 13.2. The van der Waals surface area contributed by atoms with E-state index in [1.807, 2.05) is 20.8 Å². The standard InChI is InChI=1S/C29H25N3O6S/c1-16-17(2)23(14-30)27(31-18(16)3)39-25-13-26(34)32(28(25)35)21-9-5-20(6-10-21)29(36)38-15-24(33)19-7-11-22(37-4)12-8-19/h5-12,25H,13,15H2,1-4H3. The molecule has 1 fully saturated rings. The number of carbonyl (C=O) groups is 4. The summed E-state index contributed by atoms with van der Waals surface area (Å²) in [4.78, 5) is 56.3. The van der Waals surface area contributed by atoms with Crippen LogP contribution in [-0.2, 0) is 14.3 Å². The van der Waals surface area contributed by atoms with Crippen molar-refractivity contribution in [2.45, 2.75) is 37.5 Å². The summed E-state index contributed by atoms with van der Waals surface area (Å²) in [6, 6.07) is 14.4. The fourth-order valence-electron chi connectivity index (χ4n) is 4.05. The normalized spacial score (nSPS) is 14.7. The van der Waals surface area contributed by atoms with E-state index in [1.54, 1.807) is 24.3 Å². The van der Waals surface area contributed by atoms with Crippen LogP contribution < -0.4 is 9.64 Å². The molecule has 10 heteroatoms. The Labute approximate surface area is 229 Å². The first-order valence-electron chi connectivity index (χ1n) is 12.0. The van der Waals surface area contributed by atoms with Crippen molar-refractivity contribution >= 4 is 41.0 Å². The molecule has 9 nitrogen and oxygen atoms in total. The Kier molecular flexibility index (Phi) is 8.12. The highest BCUT2D eigenvalue weighted by atomic mass is 32.2. The quantitative estimate of drug-likeness (QED) is 0.231. The number of thioether (sulfide) groups is 1. The fourth-order valence-corrected chi connectivity index (χ4v) is 5.26. The number of nitrogens with zero attached hydrogens (tertiary/aromatic N) is 3. The van der Waals surface area contributed by atoms with Crippen molar-refractivity contribution in [2.24, 2.45) is 0 Å². The minimum atomic E-state index is -0.729. The van der Waals surface area contributed by atoms with Crippen LogP contribution in [0.2, 0.25) is 0 Å². The number of Topliss-reactive ketones (excluding diaryl/α,β-unsaturated/α-hetero) is 1. The van der Waals surface area contributed by atoms with Crippen LogP contribution in [0.15, 0.2) is 53.6 Å². The van der Waals surface area contributed by atoms with E-state index < -0.39 is 29.6 Å². The van der Waals surface area contributed by atoms with Crippen LogP contribution in [0.5, 0.6) is 5.75 Å². The minimum Gasteiger partial charge on any atom is -0.497 e. The molecule has 198 valence electrons. The zero-order valence-electron chi connectivity index (χ0n) is 21.8. The summed E-state index contributed by atoms with van der Waals surface area (Å²) >= 11 is 1.11. The van der Waals surface area contributed by atoms with Gasteiger partial charge in [-0.25, -0.2) is 14.7 Å². The molecule has 3 aromatic rings. The van der Waals surface area contributed by atoms with Crippen molar-refractivity contribution in [3.05, 3.63) is 82.0 Å². The van der Waals surface area contributed by atoms with Crippen LogP contribution >= 0.6 is 11.8 Å². The molecule has 1 saturated heterocycles. The summed E-state index contributed by atoms with van der Waals surface area (Å²) in [6.45, 7) is 5.12. The van der Waals surface area contributed by atoms with Gasteiger partial charge in [-0.15, -0.1) is 0 Å². The molecule has 0 radical (unpaired) electrons. The van der Waals surface area contributed by atoms with Gasteiger partial charge in [0, 0.05) is 17.7 Å². The maximum atomic E-state index is 13.2. The number of ether oxygens (including phenoxy) is 2. The molecular weight excluding hydrogens is 518 g/mol. The lowest BCUT2D eigenvalue weighted by Crippen LogP contribution is -2.31. The first-order valence-corrected chi connectivity index (χ1v) is 12.9. The van der Waals surface area contributed by atoms with Gasteiger partial charge in [0.25, 0.3) is 0 Å². The molecular formula is C29H25N3O6S. The molecule has 0 N–H and O–H groups in total. The fraction of sp³-hybridized carbons (Fsp3) is 0.241. The van der Waals surface area contributed by atoms with E-state index in [0.717, 1.165) is 33.5 Å². The number of pyridine rings is 1. The predicted octanol–water partition coefficient (Wildman–Crippen LogP) is 4.35. The number of benzene rings is 2. The minimum absolute atomic E-state index is 0.0424. The van der Waals surface area contributed by atoms with E-state index >= 15 is 0 Å². The number of nitriles is 1. The monoisotopic (exact) mass is 543 g/mol. The second kappa shape index (κ2) is 11.5. The number of esters is 1. The number of methoxy groups -OCH3 is 1. The van der Waals surface area contributed by atoms with Crippen LogP contribution in [0.4, 0.5) is 5.69 Å². The number of aromatic nitrogens is 1. The van der Waals surface area contributed by atoms with Crippen molar-refractivity contribution in [2.75, 3.05) is 18.6 Å². The molecule has 1 aromatic heterocycles. The molecule has 2 aromatic carbocycles. The van der Waals surface area contributed by atoms with E-state index in [2.05, 4.69) is 11.1 Å². The van der Waals surface area contributed by atoms with Crippen LogP contribution in [0, 0.1) is 32.1 Å². The smallest absolute Gasteiger partial charge is 0.338 e. The van der Waals surface area contributed by atoms with Gasteiger partial charge >= 0.3 is 5.97 Å². The van der Waals surface area contributed by atoms with E-state index in [1.165, 1.54) is 31.4 Å². The number of anilines is 1. The molecule has 1 atom stereocenters. The summed E-state index contributed by atoms with van der Waals surface area (Å²) in [7, 11) is 1.52. The van der Waals surface area contributed by atoms with Gasteiger partial charge in [-0.1, -0.05) is 11.8 Å². The molecule has 1 unspecified atom stereocenters. The summed E-state index contributed by atoms with van der Waals surface area (Å²) in [5.41, 5.74) is 3.73. The summed E-state index contributed by atoms with van der Waals surface area (Å²) in [6.07, 6.45) is -0.0424. The third-order valence-electron chi connectivity index (χ3n) is 6.54. The molecule has 2 heterocycles. The number of hydrogen-bond acceptors (Lipinski definition) is 9. The summed E-state index contributed by atoms with van der Waals surface area (Å²) in [5, 5.41) is 9.32. The van der Waals surface area contributed by atoms with Gasteiger partial charge in [0.05, 0.1) is 29.2 Å². The second-order valence-electron chi connectivity index (χ2n) is 8.89. The molecule has 0 saturated carbocycles. The van der Waals surface area contributed by atoms with E-state index in [4.69, 9.17) is 9.47 Å². The van der Waals surface area contributed by atoms with Crippen molar-refractivity contribution < 1.29 is 28.7 Å². The first kappa shape index (κ1) is 27.5. The third kappa shape index (κ3) is 5.68. The molecule has 0 spiro atoms. The largest absolute Gasteiger partial charge is 0.497 e. The van der Waals surface area contributed by atoms with E-state index in [-0.39, 0.29) is 17.8 Å². The second-order valence-corrected chi connectivity index (χ2v) is 10.1. The highest BCUT2D eigenvalue weighted by molar-refractivity contribution is 8.00. The average molecular weight is 544 g/mol. The number of amides is 2. The Bertz CT molecular complexity index is 1510. The lowest BCUT2D eigenvalue weighted by atomic mass is 10.1. The molecule has 4 rings (SSSR count). The van der Waals surface area contributed by atoms with Crippen molar-refractivity contribution in [3.63, 3.8) is 0 Å². The van der Waals surface area contributed by atoms with Crippen molar-refractivity contribution in [1.29, 1.82) is 5.26 Å². The Hall–Kier alpha value is -4.49. The van der Waals surface area contributed by atoms with Crippen molar-refractivity contribution in [3.8, 4) is 11.8 Å². The van der Waals surface area contributed by atoms with Crippen LogP contribution in [-0.4, -0.2) is 47.5 Å². The number of ketones is 1. The molecule has 0 aliphatic carbocycles. The highest BCUT2D eigenvalue weighted by Crippen LogP contribution is 2.36. The van der Waals surface area contributed by atoms with Crippen molar-refractivity contribution in [1.82, 2.24) is 4.98 Å². The number of rotatable bonds is 8.